The molecule has 1 atom stereocenters. The van der Waals surface area contributed by atoms with Gasteiger partial charge in [-0.25, -0.2) is 18.3 Å². The van der Waals surface area contributed by atoms with E-state index in [1.807, 2.05) is 0 Å². The van der Waals surface area contributed by atoms with Crippen molar-refractivity contribution in [1.29, 1.82) is 0 Å². The average Bonchev–Trinajstić information content (AvgIpc) is 3.02. The average molecular weight is 398 g/mol. The first-order valence-corrected chi connectivity index (χ1v) is 9.72. The van der Waals surface area contributed by atoms with Crippen LogP contribution < -0.4 is 20.5 Å². The Kier molecular flexibility index (Phi) is 6.26. The molecule has 2 N–H and O–H groups in total. The zero-order valence-electron chi connectivity index (χ0n) is 15.5. The molecule has 0 radical (unpaired) electrons. The summed E-state index contributed by atoms with van der Waals surface area (Å²) in [4.78, 5) is 24.2. The van der Waals surface area contributed by atoms with E-state index in [4.69, 9.17) is 9.47 Å². The second kappa shape index (κ2) is 8.25. The lowest BCUT2D eigenvalue weighted by Crippen LogP contribution is -2.35. The number of nitrogens with zero attached hydrogens (tertiary/aromatic N) is 2. The molecule has 2 rings (SSSR count). The Morgan fingerprint density at radius 3 is 2.56 bits per heavy atom. The summed E-state index contributed by atoms with van der Waals surface area (Å²) in [6.45, 7) is 3.21. The molecule has 0 spiro atoms. The summed E-state index contributed by atoms with van der Waals surface area (Å²) < 4.78 is 36.8. The van der Waals surface area contributed by atoms with Crippen molar-refractivity contribution in [2.75, 3.05) is 19.5 Å². The highest BCUT2D eigenvalue weighted by Gasteiger charge is 2.34. The lowest BCUT2D eigenvalue weighted by atomic mass is 10.2. The monoisotopic (exact) mass is 398 g/mol. The van der Waals surface area contributed by atoms with Gasteiger partial charge in [-0.3, -0.25) is 9.36 Å². The van der Waals surface area contributed by atoms with Crippen LogP contribution in [0.15, 0.2) is 28.2 Å². The SMILES string of the molecule is CCCn1c(S(=O)(=O)[C@@H](C)C(=O)Nc2ccc(OC)c(OC)c2)n[nH]c1=O. The highest BCUT2D eigenvalue weighted by atomic mass is 32.2. The van der Waals surface area contributed by atoms with Gasteiger partial charge in [-0.1, -0.05) is 6.92 Å². The van der Waals surface area contributed by atoms with Crippen LogP contribution in [0.4, 0.5) is 5.69 Å². The van der Waals surface area contributed by atoms with Gasteiger partial charge in [-0.2, -0.15) is 0 Å². The minimum Gasteiger partial charge on any atom is -0.493 e. The van der Waals surface area contributed by atoms with E-state index in [-0.39, 0.29) is 6.54 Å². The van der Waals surface area contributed by atoms with Crippen LogP contribution >= 0.6 is 0 Å². The number of aromatic amines is 1. The lowest BCUT2D eigenvalue weighted by molar-refractivity contribution is -0.115. The zero-order chi connectivity index (χ0) is 20.2. The predicted octanol–water partition coefficient (Wildman–Crippen LogP) is 0.799. The number of ether oxygens (including phenoxy) is 2. The fraction of sp³-hybridized carbons (Fsp3) is 0.438. The van der Waals surface area contributed by atoms with Crippen molar-refractivity contribution in [2.24, 2.45) is 0 Å². The van der Waals surface area contributed by atoms with Crippen LogP contribution in [-0.4, -0.2) is 48.6 Å². The number of H-pyrrole nitrogens is 1. The molecule has 1 heterocycles. The molecular formula is C16H22N4O6S. The molecule has 11 heteroatoms. The Hall–Kier alpha value is -2.82. The van der Waals surface area contributed by atoms with Crippen LogP contribution in [0.2, 0.25) is 0 Å². The van der Waals surface area contributed by atoms with E-state index < -0.39 is 31.8 Å². The van der Waals surface area contributed by atoms with Gasteiger partial charge in [0.1, 0.15) is 5.25 Å². The minimum absolute atomic E-state index is 0.175. The normalized spacial score (nSPS) is 12.4. The topological polar surface area (TPSA) is 132 Å². The summed E-state index contributed by atoms with van der Waals surface area (Å²) in [6, 6.07) is 4.65. The van der Waals surface area contributed by atoms with Crippen molar-refractivity contribution in [3.8, 4) is 11.5 Å². The summed E-state index contributed by atoms with van der Waals surface area (Å²) in [5.74, 6) is 0.0897. The van der Waals surface area contributed by atoms with E-state index in [0.717, 1.165) is 4.57 Å². The van der Waals surface area contributed by atoms with E-state index >= 15 is 0 Å². The first kappa shape index (κ1) is 20.5. The lowest BCUT2D eigenvalue weighted by Gasteiger charge is -2.14. The Morgan fingerprint density at radius 1 is 1.30 bits per heavy atom. The van der Waals surface area contributed by atoms with Gasteiger partial charge in [0.05, 0.1) is 14.2 Å². The van der Waals surface area contributed by atoms with Gasteiger partial charge in [0, 0.05) is 18.3 Å². The van der Waals surface area contributed by atoms with Gasteiger partial charge in [0.2, 0.25) is 15.7 Å². The number of carbonyl (C=O) groups is 1. The van der Waals surface area contributed by atoms with E-state index in [0.29, 0.717) is 23.6 Å². The number of sulfone groups is 1. The summed E-state index contributed by atoms with van der Waals surface area (Å²) in [6.07, 6.45) is 0.536. The predicted molar refractivity (Wildman–Crippen MR) is 98.0 cm³/mol. The van der Waals surface area contributed by atoms with Crippen molar-refractivity contribution in [3.05, 3.63) is 28.7 Å². The van der Waals surface area contributed by atoms with Gasteiger partial charge in [0.25, 0.3) is 5.16 Å². The molecule has 0 aliphatic carbocycles. The van der Waals surface area contributed by atoms with Crippen LogP contribution in [0.5, 0.6) is 11.5 Å². The van der Waals surface area contributed by atoms with Gasteiger partial charge < -0.3 is 14.8 Å². The molecule has 27 heavy (non-hydrogen) atoms. The smallest absolute Gasteiger partial charge is 0.344 e. The molecule has 1 aromatic carbocycles. The van der Waals surface area contributed by atoms with Crippen molar-refractivity contribution in [2.45, 2.75) is 37.2 Å². The highest BCUT2D eigenvalue weighted by Crippen LogP contribution is 2.30. The second-order valence-electron chi connectivity index (χ2n) is 5.71. The minimum atomic E-state index is -4.17. The summed E-state index contributed by atoms with van der Waals surface area (Å²) in [5.41, 5.74) is -0.296. The number of aromatic nitrogens is 3. The Balaban J connectivity index is 2.28. The number of amides is 1. The maximum absolute atomic E-state index is 12.7. The number of nitrogens with one attached hydrogen (secondary N) is 2. The summed E-state index contributed by atoms with van der Waals surface area (Å²) >= 11 is 0. The highest BCUT2D eigenvalue weighted by molar-refractivity contribution is 7.92. The molecule has 0 fully saturated rings. The van der Waals surface area contributed by atoms with Crippen molar-refractivity contribution in [1.82, 2.24) is 14.8 Å². The molecule has 1 amide bonds. The maximum atomic E-state index is 12.7. The number of methoxy groups -OCH3 is 2. The number of anilines is 1. The second-order valence-corrected chi connectivity index (χ2v) is 7.87. The Labute approximate surface area is 156 Å². The van der Waals surface area contributed by atoms with Gasteiger partial charge in [0.15, 0.2) is 11.5 Å². The van der Waals surface area contributed by atoms with Gasteiger partial charge in [-0.15, -0.1) is 5.10 Å². The van der Waals surface area contributed by atoms with E-state index in [1.165, 1.54) is 27.2 Å². The molecule has 0 bridgehead atoms. The third-order valence-corrected chi connectivity index (χ3v) is 5.88. The Morgan fingerprint density at radius 2 is 1.96 bits per heavy atom. The molecule has 1 aromatic heterocycles. The molecule has 0 aliphatic heterocycles. The van der Waals surface area contributed by atoms with E-state index in [9.17, 15) is 18.0 Å². The fourth-order valence-corrected chi connectivity index (χ4v) is 3.71. The first-order chi connectivity index (χ1) is 12.8. The summed E-state index contributed by atoms with van der Waals surface area (Å²) in [5, 5.41) is 6.31. The molecule has 0 saturated carbocycles. The standard InChI is InChI=1S/C16H22N4O6S/c1-5-8-20-15(22)18-19-16(20)27(23,24)10(2)14(21)17-11-6-7-12(25-3)13(9-11)26-4/h6-7,9-10H,5,8H2,1-4H3,(H,17,21)(H,18,22)/t10-/m0/s1. The van der Waals surface area contributed by atoms with E-state index in [2.05, 4.69) is 15.5 Å². The third-order valence-electron chi connectivity index (χ3n) is 3.91. The van der Waals surface area contributed by atoms with Crippen LogP contribution in [0, 0.1) is 0 Å². The molecule has 148 valence electrons. The largest absolute Gasteiger partial charge is 0.493 e. The number of carbonyl (C=O) groups excluding carboxylic acids is 1. The molecule has 0 saturated heterocycles. The van der Waals surface area contributed by atoms with E-state index in [1.54, 1.807) is 19.1 Å². The van der Waals surface area contributed by atoms with Crippen molar-refractivity contribution in [3.63, 3.8) is 0 Å². The van der Waals surface area contributed by atoms with Crippen molar-refractivity contribution < 1.29 is 22.7 Å². The van der Waals surface area contributed by atoms with Crippen LogP contribution in [-0.2, 0) is 21.2 Å². The maximum Gasteiger partial charge on any atom is 0.344 e. The molecule has 0 aliphatic rings. The van der Waals surface area contributed by atoms with Crippen LogP contribution in [0.3, 0.4) is 0 Å². The fourth-order valence-electron chi connectivity index (χ4n) is 2.40. The summed E-state index contributed by atoms with van der Waals surface area (Å²) in [7, 11) is -1.24. The molecule has 2 aromatic rings. The number of benzene rings is 1. The number of hydrogen-bond donors (Lipinski definition) is 2. The molecular weight excluding hydrogens is 376 g/mol. The first-order valence-electron chi connectivity index (χ1n) is 8.18. The zero-order valence-corrected chi connectivity index (χ0v) is 16.3. The third kappa shape index (κ3) is 4.13. The molecule has 10 nitrogen and oxygen atoms in total. The van der Waals surface area contributed by atoms with Crippen LogP contribution in [0.25, 0.3) is 0 Å². The Bertz CT molecular complexity index is 979. The van der Waals surface area contributed by atoms with Gasteiger partial charge in [-0.05, 0) is 25.5 Å². The van der Waals surface area contributed by atoms with Gasteiger partial charge >= 0.3 is 5.69 Å². The van der Waals surface area contributed by atoms with Crippen molar-refractivity contribution >= 4 is 21.4 Å². The van der Waals surface area contributed by atoms with Crippen LogP contribution in [0.1, 0.15) is 20.3 Å². The molecule has 0 unspecified atom stereocenters. The number of rotatable bonds is 8. The number of hydrogen-bond acceptors (Lipinski definition) is 7. The quantitative estimate of drug-likeness (QED) is 0.672.